The summed E-state index contributed by atoms with van der Waals surface area (Å²) in [4.78, 5) is 12.3. The maximum absolute atomic E-state index is 12.3. The number of benzene rings is 1. The SMILES string of the molecule is CNS(=O)(=O)c1cc(C(=O)OCc2cc(-c3ccccc3OC)no2)n(C)c1. The summed E-state index contributed by atoms with van der Waals surface area (Å²) >= 11 is 0. The van der Waals surface area contributed by atoms with E-state index in [1.165, 1.54) is 23.9 Å². The van der Waals surface area contributed by atoms with Crippen molar-refractivity contribution in [2.45, 2.75) is 11.5 Å². The van der Waals surface area contributed by atoms with Gasteiger partial charge >= 0.3 is 5.97 Å². The van der Waals surface area contributed by atoms with Crippen molar-refractivity contribution in [1.82, 2.24) is 14.4 Å². The molecule has 0 amide bonds. The third kappa shape index (κ3) is 3.92. The Morgan fingerprint density at radius 2 is 2.04 bits per heavy atom. The summed E-state index contributed by atoms with van der Waals surface area (Å²) in [6, 6.07) is 10.2. The zero-order valence-electron chi connectivity index (χ0n) is 15.5. The van der Waals surface area contributed by atoms with Gasteiger partial charge in [-0.2, -0.15) is 0 Å². The van der Waals surface area contributed by atoms with E-state index < -0.39 is 16.0 Å². The minimum atomic E-state index is -3.65. The van der Waals surface area contributed by atoms with Gasteiger partial charge < -0.3 is 18.6 Å². The van der Waals surface area contributed by atoms with Crippen LogP contribution in [0.5, 0.6) is 5.75 Å². The molecule has 0 bridgehead atoms. The quantitative estimate of drug-likeness (QED) is 0.598. The van der Waals surface area contributed by atoms with Crippen LogP contribution >= 0.6 is 0 Å². The number of aromatic nitrogens is 2. The van der Waals surface area contributed by atoms with Gasteiger partial charge in [-0.3, -0.25) is 0 Å². The van der Waals surface area contributed by atoms with Crippen molar-refractivity contribution in [3.05, 3.63) is 54.0 Å². The van der Waals surface area contributed by atoms with Gasteiger partial charge in [-0.05, 0) is 25.2 Å². The molecule has 148 valence electrons. The Labute approximate surface area is 161 Å². The number of hydrogen-bond acceptors (Lipinski definition) is 7. The molecule has 0 aliphatic rings. The molecule has 2 heterocycles. The van der Waals surface area contributed by atoms with Gasteiger partial charge in [0, 0.05) is 24.9 Å². The van der Waals surface area contributed by atoms with Gasteiger partial charge in [0.25, 0.3) is 0 Å². The Morgan fingerprint density at radius 1 is 1.29 bits per heavy atom. The van der Waals surface area contributed by atoms with Gasteiger partial charge in [0.05, 0.1) is 7.11 Å². The summed E-state index contributed by atoms with van der Waals surface area (Å²) in [6.45, 7) is -0.153. The summed E-state index contributed by atoms with van der Waals surface area (Å²) in [5, 5.41) is 3.97. The minimum absolute atomic E-state index is 0.0254. The molecule has 0 aliphatic carbocycles. The van der Waals surface area contributed by atoms with E-state index in [0.29, 0.717) is 17.2 Å². The maximum atomic E-state index is 12.3. The van der Waals surface area contributed by atoms with E-state index in [-0.39, 0.29) is 17.2 Å². The van der Waals surface area contributed by atoms with Gasteiger partial charge in [-0.15, -0.1) is 0 Å². The zero-order valence-corrected chi connectivity index (χ0v) is 16.3. The fourth-order valence-electron chi connectivity index (χ4n) is 2.58. The summed E-state index contributed by atoms with van der Waals surface area (Å²) in [6.07, 6.45) is 1.33. The second kappa shape index (κ2) is 7.87. The standard InChI is InChI=1S/C18H19N3O6S/c1-19-28(23,24)13-9-16(21(2)10-13)18(22)26-11-12-8-15(20-27-12)14-6-4-5-7-17(14)25-3/h4-10,19H,11H2,1-3H3. The summed E-state index contributed by atoms with van der Waals surface area (Å²) < 4.78 is 43.0. The van der Waals surface area contributed by atoms with Crippen molar-refractivity contribution >= 4 is 16.0 Å². The fourth-order valence-corrected chi connectivity index (χ4v) is 3.38. The van der Waals surface area contributed by atoms with E-state index in [0.717, 1.165) is 5.56 Å². The van der Waals surface area contributed by atoms with Crippen molar-refractivity contribution in [3.8, 4) is 17.0 Å². The van der Waals surface area contributed by atoms with Crippen molar-refractivity contribution in [2.24, 2.45) is 7.05 Å². The molecule has 1 N–H and O–H groups in total. The lowest BCUT2D eigenvalue weighted by atomic mass is 10.1. The van der Waals surface area contributed by atoms with Crippen molar-refractivity contribution in [2.75, 3.05) is 14.2 Å². The lowest BCUT2D eigenvalue weighted by Crippen LogP contribution is -2.17. The largest absolute Gasteiger partial charge is 0.496 e. The molecule has 28 heavy (non-hydrogen) atoms. The number of carbonyl (C=O) groups is 1. The average molecular weight is 405 g/mol. The van der Waals surface area contributed by atoms with Crippen LogP contribution in [0, 0.1) is 0 Å². The first kappa shape index (κ1) is 19.6. The van der Waals surface area contributed by atoms with Gasteiger partial charge in [0.1, 0.15) is 22.0 Å². The van der Waals surface area contributed by atoms with Crippen LogP contribution in [0.2, 0.25) is 0 Å². The average Bonchev–Trinajstić information content (AvgIpc) is 3.33. The first-order valence-corrected chi connectivity index (χ1v) is 9.70. The summed E-state index contributed by atoms with van der Waals surface area (Å²) in [5.41, 5.74) is 1.39. The maximum Gasteiger partial charge on any atom is 0.355 e. The Hall–Kier alpha value is -3.11. The van der Waals surface area contributed by atoms with Crippen LogP contribution in [0.25, 0.3) is 11.3 Å². The molecule has 0 radical (unpaired) electrons. The topological polar surface area (TPSA) is 113 Å². The van der Waals surface area contributed by atoms with E-state index in [9.17, 15) is 13.2 Å². The second-order valence-corrected chi connectivity index (χ2v) is 7.72. The van der Waals surface area contributed by atoms with Crippen molar-refractivity contribution in [1.29, 1.82) is 0 Å². The molecule has 0 spiro atoms. The van der Waals surface area contributed by atoms with Crippen LogP contribution in [-0.4, -0.2) is 38.3 Å². The van der Waals surface area contributed by atoms with E-state index in [1.54, 1.807) is 26.3 Å². The van der Waals surface area contributed by atoms with Gasteiger partial charge in [0.15, 0.2) is 12.4 Å². The number of aryl methyl sites for hydroxylation is 1. The Balaban J connectivity index is 1.72. The number of nitrogens with zero attached hydrogens (tertiary/aromatic N) is 2. The van der Waals surface area contributed by atoms with E-state index >= 15 is 0 Å². The van der Waals surface area contributed by atoms with Crippen LogP contribution in [-0.2, 0) is 28.4 Å². The molecule has 9 nitrogen and oxygen atoms in total. The normalized spacial score (nSPS) is 11.4. The molecule has 0 fully saturated rings. The van der Waals surface area contributed by atoms with Gasteiger partial charge in [-0.25, -0.2) is 17.9 Å². The molecule has 3 aromatic rings. The van der Waals surface area contributed by atoms with E-state index in [4.69, 9.17) is 14.0 Å². The first-order chi connectivity index (χ1) is 13.4. The number of ether oxygens (including phenoxy) is 2. The number of para-hydroxylation sites is 1. The highest BCUT2D eigenvalue weighted by atomic mass is 32.2. The smallest absolute Gasteiger partial charge is 0.355 e. The summed E-state index contributed by atoms with van der Waals surface area (Å²) in [7, 11) is 0.756. The van der Waals surface area contributed by atoms with Crippen LogP contribution in [0.1, 0.15) is 16.2 Å². The van der Waals surface area contributed by atoms with Crippen molar-refractivity contribution < 1.29 is 27.2 Å². The fraction of sp³-hybridized carbons (Fsp3) is 0.222. The summed E-state index contributed by atoms with van der Waals surface area (Å²) in [5.74, 6) is 0.295. The monoisotopic (exact) mass is 405 g/mol. The van der Waals surface area contributed by atoms with Crippen LogP contribution in [0.3, 0.4) is 0 Å². The number of esters is 1. The van der Waals surface area contributed by atoms with Gasteiger partial charge in [-0.1, -0.05) is 17.3 Å². The molecule has 0 saturated heterocycles. The van der Waals surface area contributed by atoms with E-state index in [1.807, 2.05) is 18.2 Å². The lowest BCUT2D eigenvalue weighted by molar-refractivity contribution is 0.0426. The molecule has 2 aromatic heterocycles. The van der Waals surface area contributed by atoms with Gasteiger partial charge in [0.2, 0.25) is 10.0 Å². The number of carbonyl (C=O) groups excluding carboxylic acids is 1. The third-order valence-electron chi connectivity index (χ3n) is 4.06. The number of nitrogens with one attached hydrogen (secondary N) is 1. The molecule has 0 unspecified atom stereocenters. The second-order valence-electron chi connectivity index (χ2n) is 5.83. The molecular formula is C18H19N3O6S. The van der Waals surface area contributed by atoms with Crippen LogP contribution < -0.4 is 9.46 Å². The van der Waals surface area contributed by atoms with Crippen LogP contribution in [0.15, 0.2) is 52.0 Å². The molecule has 0 atom stereocenters. The van der Waals surface area contributed by atoms with Crippen LogP contribution in [0.4, 0.5) is 0 Å². The first-order valence-electron chi connectivity index (χ1n) is 8.21. The molecule has 1 aromatic carbocycles. The highest BCUT2D eigenvalue weighted by molar-refractivity contribution is 7.89. The number of methoxy groups -OCH3 is 1. The predicted molar refractivity (Wildman–Crippen MR) is 99.3 cm³/mol. The molecule has 3 rings (SSSR count). The lowest BCUT2D eigenvalue weighted by Gasteiger charge is -2.04. The highest BCUT2D eigenvalue weighted by Gasteiger charge is 2.21. The molecule has 10 heteroatoms. The zero-order chi connectivity index (χ0) is 20.3. The molecular weight excluding hydrogens is 386 g/mol. The number of rotatable bonds is 7. The number of sulfonamides is 1. The third-order valence-corrected chi connectivity index (χ3v) is 5.44. The molecule has 0 saturated carbocycles. The minimum Gasteiger partial charge on any atom is -0.496 e. The Morgan fingerprint density at radius 3 is 2.75 bits per heavy atom. The van der Waals surface area contributed by atoms with Crippen molar-refractivity contribution in [3.63, 3.8) is 0 Å². The predicted octanol–water partition coefficient (Wildman–Crippen LogP) is 1.95. The molecule has 0 aliphatic heterocycles. The van der Waals surface area contributed by atoms with E-state index in [2.05, 4.69) is 9.88 Å². The highest BCUT2D eigenvalue weighted by Crippen LogP contribution is 2.29. The Kier molecular flexibility index (Phi) is 5.52. The Bertz CT molecular complexity index is 1100. The number of hydrogen-bond donors (Lipinski definition) is 1.